The standard InChI is InChI=1S/C15H20FNO3/c1-20-10-15(19)17-7-6-12(14(18)9-17)8-11-4-2-3-5-13(11)16/h2-5,12,14,18H,6-10H2,1H3/t12-,14+/m1/s1. The van der Waals surface area contributed by atoms with E-state index in [2.05, 4.69) is 0 Å². The average molecular weight is 281 g/mol. The summed E-state index contributed by atoms with van der Waals surface area (Å²) < 4.78 is 18.4. The number of benzene rings is 1. The van der Waals surface area contributed by atoms with Crippen molar-refractivity contribution >= 4 is 5.91 Å². The van der Waals surface area contributed by atoms with Gasteiger partial charge in [-0.1, -0.05) is 18.2 Å². The SMILES string of the molecule is COCC(=O)N1CC[C@H](Cc2ccccc2F)[C@@H](O)C1. The molecule has 1 amide bonds. The molecule has 0 aliphatic carbocycles. The van der Waals surface area contributed by atoms with Gasteiger partial charge in [-0.2, -0.15) is 0 Å². The summed E-state index contributed by atoms with van der Waals surface area (Å²) in [6, 6.07) is 6.62. The molecule has 2 atom stereocenters. The van der Waals surface area contributed by atoms with Crippen LogP contribution in [-0.2, 0) is 16.0 Å². The van der Waals surface area contributed by atoms with Crippen molar-refractivity contribution in [3.05, 3.63) is 35.6 Å². The number of methoxy groups -OCH3 is 1. The number of carbonyl (C=O) groups is 1. The number of halogens is 1. The first kappa shape index (κ1) is 14.9. The van der Waals surface area contributed by atoms with Crippen LogP contribution in [0.3, 0.4) is 0 Å². The minimum Gasteiger partial charge on any atom is -0.391 e. The number of ether oxygens (including phenoxy) is 1. The first-order valence-electron chi connectivity index (χ1n) is 6.80. The maximum Gasteiger partial charge on any atom is 0.248 e. The molecule has 1 N–H and O–H groups in total. The molecule has 1 heterocycles. The molecule has 1 fully saturated rings. The number of aliphatic hydroxyl groups excluding tert-OH is 1. The van der Waals surface area contributed by atoms with Crippen molar-refractivity contribution in [1.82, 2.24) is 4.90 Å². The number of carbonyl (C=O) groups excluding carboxylic acids is 1. The van der Waals surface area contributed by atoms with E-state index in [9.17, 15) is 14.3 Å². The second-order valence-electron chi connectivity index (χ2n) is 5.18. The van der Waals surface area contributed by atoms with E-state index < -0.39 is 6.10 Å². The van der Waals surface area contributed by atoms with Crippen molar-refractivity contribution in [2.24, 2.45) is 5.92 Å². The lowest BCUT2D eigenvalue weighted by Crippen LogP contribution is -2.48. The number of rotatable bonds is 4. The molecule has 1 aromatic carbocycles. The third-order valence-corrected chi connectivity index (χ3v) is 3.78. The number of amides is 1. The monoisotopic (exact) mass is 281 g/mol. The topological polar surface area (TPSA) is 49.8 Å². The summed E-state index contributed by atoms with van der Waals surface area (Å²) in [7, 11) is 1.47. The smallest absolute Gasteiger partial charge is 0.248 e. The zero-order valence-electron chi connectivity index (χ0n) is 11.6. The molecule has 0 saturated carbocycles. The molecule has 1 aromatic rings. The van der Waals surface area contributed by atoms with Crippen molar-refractivity contribution in [2.75, 3.05) is 26.8 Å². The molecule has 5 heteroatoms. The lowest BCUT2D eigenvalue weighted by atomic mass is 9.87. The lowest BCUT2D eigenvalue weighted by Gasteiger charge is -2.36. The number of likely N-dealkylation sites (tertiary alicyclic amines) is 1. The third kappa shape index (κ3) is 3.55. The Bertz CT molecular complexity index is 466. The first-order chi connectivity index (χ1) is 9.61. The Morgan fingerprint density at radius 1 is 1.50 bits per heavy atom. The van der Waals surface area contributed by atoms with Gasteiger partial charge in [0.15, 0.2) is 0 Å². The molecular weight excluding hydrogens is 261 g/mol. The quantitative estimate of drug-likeness (QED) is 0.903. The second kappa shape index (κ2) is 6.81. The Hall–Kier alpha value is -1.46. The van der Waals surface area contributed by atoms with E-state index in [-0.39, 0.29) is 24.2 Å². The Morgan fingerprint density at radius 3 is 2.90 bits per heavy atom. The minimum atomic E-state index is -0.621. The highest BCUT2D eigenvalue weighted by atomic mass is 19.1. The minimum absolute atomic E-state index is 0.0153. The van der Waals surface area contributed by atoms with E-state index >= 15 is 0 Å². The van der Waals surface area contributed by atoms with Gasteiger partial charge < -0.3 is 14.7 Å². The number of β-amino-alcohol motifs (C(OH)–C–C–N with tert-alkyl or cyclic N) is 1. The zero-order chi connectivity index (χ0) is 14.5. The highest BCUT2D eigenvalue weighted by molar-refractivity contribution is 5.77. The maximum atomic E-state index is 13.6. The van der Waals surface area contributed by atoms with Crippen LogP contribution in [0.25, 0.3) is 0 Å². The van der Waals surface area contributed by atoms with Gasteiger partial charge in [0, 0.05) is 20.2 Å². The number of piperidine rings is 1. The van der Waals surface area contributed by atoms with Crippen LogP contribution in [0.1, 0.15) is 12.0 Å². The largest absolute Gasteiger partial charge is 0.391 e. The van der Waals surface area contributed by atoms with Gasteiger partial charge in [0.05, 0.1) is 6.10 Å². The summed E-state index contributed by atoms with van der Waals surface area (Å²) in [6.45, 7) is 0.907. The van der Waals surface area contributed by atoms with Crippen molar-refractivity contribution in [1.29, 1.82) is 0 Å². The predicted octanol–water partition coefficient (Wildman–Crippen LogP) is 1.22. The summed E-state index contributed by atoms with van der Waals surface area (Å²) in [6.07, 6.45) is 0.551. The normalized spacial score (nSPS) is 22.9. The van der Waals surface area contributed by atoms with Gasteiger partial charge in [-0.05, 0) is 30.4 Å². The summed E-state index contributed by atoms with van der Waals surface area (Å²) in [5.41, 5.74) is 0.619. The summed E-state index contributed by atoms with van der Waals surface area (Å²) in [5, 5.41) is 10.2. The van der Waals surface area contributed by atoms with Crippen LogP contribution in [-0.4, -0.2) is 48.8 Å². The second-order valence-corrected chi connectivity index (χ2v) is 5.18. The first-order valence-corrected chi connectivity index (χ1v) is 6.80. The molecule has 1 saturated heterocycles. The van der Waals surface area contributed by atoms with Gasteiger partial charge >= 0.3 is 0 Å². The van der Waals surface area contributed by atoms with E-state index in [4.69, 9.17) is 4.74 Å². The van der Waals surface area contributed by atoms with Crippen LogP contribution in [0, 0.1) is 11.7 Å². The summed E-state index contributed by atoms with van der Waals surface area (Å²) in [5.74, 6) is -0.369. The van der Waals surface area contributed by atoms with Gasteiger partial charge in [-0.3, -0.25) is 4.79 Å². The number of aliphatic hydroxyl groups is 1. The highest BCUT2D eigenvalue weighted by Gasteiger charge is 2.30. The van der Waals surface area contributed by atoms with Crippen LogP contribution in [0.5, 0.6) is 0 Å². The van der Waals surface area contributed by atoms with Crippen LogP contribution in [0.2, 0.25) is 0 Å². The maximum absolute atomic E-state index is 13.6. The molecule has 4 nitrogen and oxygen atoms in total. The van der Waals surface area contributed by atoms with Crippen LogP contribution in [0.4, 0.5) is 4.39 Å². The molecule has 2 rings (SSSR count). The Kier molecular flexibility index (Phi) is 5.09. The molecule has 0 unspecified atom stereocenters. The van der Waals surface area contributed by atoms with Crippen molar-refractivity contribution in [3.8, 4) is 0 Å². The lowest BCUT2D eigenvalue weighted by molar-refractivity contribution is -0.139. The van der Waals surface area contributed by atoms with Gasteiger partial charge in [0.2, 0.25) is 5.91 Å². The van der Waals surface area contributed by atoms with E-state index in [0.29, 0.717) is 31.5 Å². The van der Waals surface area contributed by atoms with Gasteiger partial charge in [-0.25, -0.2) is 4.39 Å². The van der Waals surface area contributed by atoms with Gasteiger partial charge in [0.25, 0.3) is 0 Å². The molecule has 1 aliphatic heterocycles. The molecule has 20 heavy (non-hydrogen) atoms. The average Bonchev–Trinajstić information content (AvgIpc) is 2.43. The van der Waals surface area contributed by atoms with E-state index in [1.165, 1.54) is 13.2 Å². The fourth-order valence-electron chi connectivity index (χ4n) is 2.61. The van der Waals surface area contributed by atoms with E-state index in [1.807, 2.05) is 0 Å². The third-order valence-electron chi connectivity index (χ3n) is 3.78. The van der Waals surface area contributed by atoms with Crippen molar-refractivity contribution < 1.29 is 19.0 Å². The molecule has 0 aromatic heterocycles. The molecule has 1 aliphatic rings. The predicted molar refractivity (Wildman–Crippen MR) is 72.7 cm³/mol. The van der Waals surface area contributed by atoms with Gasteiger partial charge in [-0.15, -0.1) is 0 Å². The molecule has 0 spiro atoms. The summed E-state index contributed by atoms with van der Waals surface area (Å²) in [4.78, 5) is 13.3. The number of hydrogen-bond acceptors (Lipinski definition) is 3. The zero-order valence-corrected chi connectivity index (χ0v) is 11.6. The van der Waals surface area contributed by atoms with Crippen LogP contribution < -0.4 is 0 Å². The molecule has 110 valence electrons. The Morgan fingerprint density at radius 2 is 2.25 bits per heavy atom. The van der Waals surface area contributed by atoms with E-state index in [0.717, 1.165) is 0 Å². The van der Waals surface area contributed by atoms with Crippen LogP contribution in [0.15, 0.2) is 24.3 Å². The fraction of sp³-hybridized carbons (Fsp3) is 0.533. The number of nitrogens with zero attached hydrogens (tertiary/aromatic N) is 1. The Balaban J connectivity index is 1.93. The van der Waals surface area contributed by atoms with Crippen LogP contribution >= 0.6 is 0 Å². The van der Waals surface area contributed by atoms with Gasteiger partial charge in [0.1, 0.15) is 12.4 Å². The molecule has 0 bridgehead atoms. The van der Waals surface area contributed by atoms with E-state index in [1.54, 1.807) is 23.1 Å². The van der Waals surface area contributed by atoms with Crippen molar-refractivity contribution in [3.63, 3.8) is 0 Å². The molecule has 0 radical (unpaired) electrons. The van der Waals surface area contributed by atoms with Crippen molar-refractivity contribution in [2.45, 2.75) is 18.9 Å². The summed E-state index contributed by atoms with van der Waals surface area (Å²) >= 11 is 0. The number of hydrogen-bond donors (Lipinski definition) is 1. The Labute approximate surface area is 118 Å². The fourth-order valence-corrected chi connectivity index (χ4v) is 2.61. The molecular formula is C15H20FNO3. The highest BCUT2D eigenvalue weighted by Crippen LogP contribution is 2.23.